The van der Waals surface area contributed by atoms with Crippen molar-refractivity contribution < 1.29 is 29.0 Å². The lowest BCUT2D eigenvalue weighted by Crippen LogP contribution is -2.54. The number of carboxylic acids is 1. The summed E-state index contributed by atoms with van der Waals surface area (Å²) in [4.78, 5) is 50.0. The van der Waals surface area contributed by atoms with Crippen LogP contribution in [-0.2, 0) is 25.5 Å². The highest BCUT2D eigenvalue weighted by Crippen LogP contribution is 2.21. The summed E-state index contributed by atoms with van der Waals surface area (Å²) in [5, 5.41) is 13.8. The fourth-order valence-corrected chi connectivity index (χ4v) is 3.19. The second-order valence-corrected chi connectivity index (χ2v) is 8.19. The standard InChI is InChI=1S/C21H29N3O6/c1-21(2,3)30-20(29)24-11-7-10-16(24)19(28)23-15(18(27)22-13-17(25)26)12-14-8-5-4-6-9-14/h4-6,8-9,15-16H,7,10-13H2,1-3H3,(H,22,27)(H,23,28)(H,25,26)/t15-,16-/m0/s1. The summed E-state index contributed by atoms with van der Waals surface area (Å²) >= 11 is 0. The van der Waals surface area contributed by atoms with Crippen molar-refractivity contribution in [1.82, 2.24) is 15.5 Å². The minimum absolute atomic E-state index is 0.192. The Morgan fingerprint density at radius 1 is 1.20 bits per heavy atom. The third-order valence-corrected chi connectivity index (χ3v) is 4.51. The Balaban J connectivity index is 2.10. The number of rotatable bonds is 7. The Bertz CT molecular complexity index is 775. The second-order valence-electron chi connectivity index (χ2n) is 8.19. The van der Waals surface area contributed by atoms with E-state index in [1.54, 1.807) is 20.8 Å². The Labute approximate surface area is 175 Å². The number of likely N-dealkylation sites (tertiary alicyclic amines) is 1. The fourth-order valence-electron chi connectivity index (χ4n) is 3.19. The van der Waals surface area contributed by atoms with Gasteiger partial charge in [-0.2, -0.15) is 0 Å². The number of carbonyl (C=O) groups excluding carboxylic acids is 3. The van der Waals surface area contributed by atoms with Gasteiger partial charge in [0.1, 0.15) is 24.2 Å². The van der Waals surface area contributed by atoms with Crippen molar-refractivity contribution in [2.45, 2.75) is 57.7 Å². The van der Waals surface area contributed by atoms with Crippen LogP contribution in [0.25, 0.3) is 0 Å². The van der Waals surface area contributed by atoms with Crippen LogP contribution >= 0.6 is 0 Å². The maximum Gasteiger partial charge on any atom is 0.410 e. The number of nitrogens with one attached hydrogen (secondary N) is 2. The number of aliphatic carboxylic acids is 1. The van der Waals surface area contributed by atoms with Gasteiger partial charge in [-0.1, -0.05) is 30.3 Å². The van der Waals surface area contributed by atoms with Crippen molar-refractivity contribution in [3.05, 3.63) is 35.9 Å². The van der Waals surface area contributed by atoms with E-state index in [9.17, 15) is 19.2 Å². The highest BCUT2D eigenvalue weighted by molar-refractivity contribution is 5.92. The molecule has 1 aliphatic heterocycles. The molecule has 1 aromatic carbocycles. The first-order valence-electron chi connectivity index (χ1n) is 9.90. The van der Waals surface area contributed by atoms with Crippen LogP contribution < -0.4 is 10.6 Å². The second kappa shape index (κ2) is 10.1. The highest BCUT2D eigenvalue weighted by Gasteiger charge is 2.38. The minimum Gasteiger partial charge on any atom is -0.480 e. The first-order chi connectivity index (χ1) is 14.1. The quantitative estimate of drug-likeness (QED) is 0.612. The topological polar surface area (TPSA) is 125 Å². The van der Waals surface area contributed by atoms with Gasteiger partial charge in [-0.15, -0.1) is 0 Å². The van der Waals surface area contributed by atoms with Crippen LogP contribution in [0.4, 0.5) is 4.79 Å². The zero-order valence-corrected chi connectivity index (χ0v) is 17.5. The lowest BCUT2D eigenvalue weighted by Gasteiger charge is -2.29. The number of carboxylic acid groups (broad SMARTS) is 1. The number of ether oxygens (including phenoxy) is 1. The molecular weight excluding hydrogens is 390 g/mol. The van der Waals surface area contributed by atoms with Gasteiger partial charge in [-0.3, -0.25) is 19.3 Å². The Kier molecular flexibility index (Phi) is 7.79. The summed E-state index contributed by atoms with van der Waals surface area (Å²) in [5.74, 6) is -2.25. The van der Waals surface area contributed by atoms with Crippen LogP contribution in [0.15, 0.2) is 30.3 Å². The molecule has 0 aliphatic carbocycles. The van der Waals surface area contributed by atoms with E-state index in [4.69, 9.17) is 9.84 Å². The van der Waals surface area contributed by atoms with Crippen molar-refractivity contribution in [2.24, 2.45) is 0 Å². The van der Waals surface area contributed by atoms with Gasteiger partial charge in [0.15, 0.2) is 0 Å². The fraction of sp³-hybridized carbons (Fsp3) is 0.524. The van der Waals surface area contributed by atoms with E-state index in [0.717, 1.165) is 5.56 Å². The zero-order chi connectivity index (χ0) is 22.3. The number of hydrogen-bond donors (Lipinski definition) is 3. The average Bonchev–Trinajstić information content (AvgIpc) is 3.15. The largest absolute Gasteiger partial charge is 0.480 e. The van der Waals surface area contributed by atoms with Crippen LogP contribution in [0.5, 0.6) is 0 Å². The molecule has 2 atom stereocenters. The maximum absolute atomic E-state index is 12.9. The van der Waals surface area contributed by atoms with E-state index in [1.165, 1.54) is 4.90 Å². The van der Waals surface area contributed by atoms with Gasteiger partial charge >= 0.3 is 12.1 Å². The lowest BCUT2D eigenvalue weighted by atomic mass is 10.0. The maximum atomic E-state index is 12.9. The van der Waals surface area contributed by atoms with E-state index < -0.39 is 48.1 Å². The highest BCUT2D eigenvalue weighted by atomic mass is 16.6. The molecule has 2 rings (SSSR count). The number of hydrogen-bond acceptors (Lipinski definition) is 5. The zero-order valence-electron chi connectivity index (χ0n) is 17.5. The third-order valence-electron chi connectivity index (χ3n) is 4.51. The molecule has 0 saturated carbocycles. The number of nitrogens with zero attached hydrogens (tertiary/aromatic N) is 1. The molecule has 0 unspecified atom stereocenters. The molecule has 1 aliphatic rings. The van der Waals surface area contributed by atoms with Crippen molar-refractivity contribution in [3.63, 3.8) is 0 Å². The normalized spacial score (nSPS) is 17.2. The molecule has 3 N–H and O–H groups in total. The Morgan fingerprint density at radius 2 is 1.87 bits per heavy atom. The summed E-state index contributed by atoms with van der Waals surface area (Å²) < 4.78 is 5.38. The number of amides is 3. The molecule has 1 fully saturated rings. The first-order valence-corrected chi connectivity index (χ1v) is 9.90. The van der Waals surface area contributed by atoms with Crippen molar-refractivity contribution in [2.75, 3.05) is 13.1 Å². The lowest BCUT2D eigenvalue weighted by molar-refractivity contribution is -0.138. The SMILES string of the molecule is CC(C)(C)OC(=O)N1CCC[C@H]1C(=O)N[C@@H](Cc1ccccc1)C(=O)NCC(=O)O. The molecule has 1 heterocycles. The van der Waals surface area contributed by atoms with E-state index in [0.29, 0.717) is 19.4 Å². The summed E-state index contributed by atoms with van der Waals surface area (Å²) in [6.07, 6.45) is 0.721. The average molecular weight is 419 g/mol. The first kappa shape index (κ1) is 23.2. The Morgan fingerprint density at radius 3 is 2.47 bits per heavy atom. The van der Waals surface area contributed by atoms with Crippen LogP contribution in [0, 0.1) is 0 Å². The summed E-state index contributed by atoms with van der Waals surface area (Å²) in [5.41, 5.74) is 0.122. The molecule has 30 heavy (non-hydrogen) atoms. The molecule has 164 valence electrons. The van der Waals surface area contributed by atoms with E-state index in [2.05, 4.69) is 10.6 Å². The van der Waals surface area contributed by atoms with Gasteiger partial charge in [0.25, 0.3) is 0 Å². The van der Waals surface area contributed by atoms with E-state index in [1.807, 2.05) is 30.3 Å². The van der Waals surface area contributed by atoms with Crippen LogP contribution in [0.1, 0.15) is 39.2 Å². The molecule has 9 nitrogen and oxygen atoms in total. The molecule has 1 aromatic rings. The molecule has 0 radical (unpaired) electrons. The van der Waals surface area contributed by atoms with Gasteiger partial charge in [-0.05, 0) is 39.2 Å². The molecule has 9 heteroatoms. The van der Waals surface area contributed by atoms with Gasteiger partial charge < -0.3 is 20.5 Å². The van der Waals surface area contributed by atoms with E-state index >= 15 is 0 Å². The van der Waals surface area contributed by atoms with Crippen LogP contribution in [0.2, 0.25) is 0 Å². The van der Waals surface area contributed by atoms with Crippen LogP contribution in [0.3, 0.4) is 0 Å². The summed E-state index contributed by atoms with van der Waals surface area (Å²) in [7, 11) is 0. The Hall–Kier alpha value is -3.10. The van der Waals surface area contributed by atoms with Crippen molar-refractivity contribution >= 4 is 23.9 Å². The minimum atomic E-state index is -1.18. The molecule has 0 aromatic heterocycles. The van der Waals surface area contributed by atoms with Crippen molar-refractivity contribution in [1.29, 1.82) is 0 Å². The molecule has 1 saturated heterocycles. The van der Waals surface area contributed by atoms with Gasteiger partial charge in [0.05, 0.1) is 0 Å². The monoisotopic (exact) mass is 419 g/mol. The number of benzene rings is 1. The summed E-state index contributed by atoms with van der Waals surface area (Å²) in [6.45, 7) is 5.09. The predicted octanol–water partition coefficient (Wildman–Crippen LogP) is 1.31. The molecule has 0 bridgehead atoms. The van der Waals surface area contributed by atoms with Crippen LogP contribution in [-0.4, -0.2) is 64.7 Å². The smallest absolute Gasteiger partial charge is 0.410 e. The third kappa shape index (κ3) is 7.06. The van der Waals surface area contributed by atoms with Gasteiger partial charge in [0.2, 0.25) is 11.8 Å². The van der Waals surface area contributed by atoms with E-state index in [-0.39, 0.29) is 6.42 Å². The predicted molar refractivity (Wildman–Crippen MR) is 109 cm³/mol. The molecular formula is C21H29N3O6. The van der Waals surface area contributed by atoms with Gasteiger partial charge in [0, 0.05) is 13.0 Å². The molecule has 0 spiro atoms. The number of carbonyl (C=O) groups is 4. The van der Waals surface area contributed by atoms with Crippen molar-refractivity contribution in [3.8, 4) is 0 Å². The summed E-state index contributed by atoms with van der Waals surface area (Å²) in [6, 6.07) is 7.36. The van der Waals surface area contributed by atoms with Gasteiger partial charge in [-0.25, -0.2) is 4.79 Å². The molecule has 3 amide bonds.